The molecule has 0 aliphatic carbocycles. The van der Waals surface area contributed by atoms with Crippen LogP contribution in [0.2, 0.25) is 5.02 Å². The molecule has 0 amide bonds. The maximum atomic E-state index is 12.1. The molecular weight excluding hydrogens is 304 g/mol. The first-order chi connectivity index (χ1) is 10.5. The second kappa shape index (κ2) is 5.61. The molecule has 22 heavy (non-hydrogen) atoms. The van der Waals surface area contributed by atoms with Crippen LogP contribution in [0.3, 0.4) is 0 Å². The molecule has 0 spiro atoms. The van der Waals surface area contributed by atoms with Crippen molar-refractivity contribution in [1.82, 2.24) is 9.97 Å². The van der Waals surface area contributed by atoms with Crippen molar-refractivity contribution in [3.05, 3.63) is 74.7 Å². The summed E-state index contributed by atoms with van der Waals surface area (Å²) in [6.45, 7) is 0. The van der Waals surface area contributed by atoms with Crippen molar-refractivity contribution in [3.8, 4) is 0 Å². The molecule has 0 saturated heterocycles. The summed E-state index contributed by atoms with van der Waals surface area (Å²) in [5, 5.41) is 11.5. The highest BCUT2D eigenvalue weighted by Gasteiger charge is 2.09. The average Bonchev–Trinajstić information content (AvgIpc) is 2.49. The number of nitrogens with one attached hydrogen (secondary N) is 1. The number of rotatable bonds is 3. The fourth-order valence-corrected chi connectivity index (χ4v) is 2.39. The Balaban J connectivity index is 2.09. The molecule has 3 rings (SSSR count). The van der Waals surface area contributed by atoms with Crippen LogP contribution in [0.15, 0.2) is 47.3 Å². The van der Waals surface area contributed by atoms with E-state index in [1.807, 2.05) is 12.1 Å². The van der Waals surface area contributed by atoms with E-state index in [9.17, 15) is 14.7 Å². The third-order valence-electron chi connectivity index (χ3n) is 3.31. The third kappa shape index (κ3) is 2.71. The number of carbonyl (C=O) groups is 1. The van der Waals surface area contributed by atoms with Crippen LogP contribution in [-0.2, 0) is 6.42 Å². The number of H-pyrrole nitrogens is 1. The van der Waals surface area contributed by atoms with Crippen LogP contribution in [0.4, 0.5) is 0 Å². The lowest BCUT2D eigenvalue weighted by atomic mass is 10.1. The highest BCUT2D eigenvalue weighted by Crippen LogP contribution is 2.18. The van der Waals surface area contributed by atoms with Crippen LogP contribution in [0.1, 0.15) is 21.6 Å². The van der Waals surface area contributed by atoms with Gasteiger partial charge in [0.05, 0.1) is 17.0 Å². The lowest BCUT2D eigenvalue weighted by Crippen LogP contribution is -2.22. The molecule has 5 nitrogen and oxygen atoms in total. The predicted octanol–water partition coefficient (Wildman–Crippen LogP) is 1.53. The summed E-state index contributed by atoms with van der Waals surface area (Å²) in [4.78, 5) is 29.9. The molecule has 0 aliphatic heterocycles. The van der Waals surface area contributed by atoms with Crippen molar-refractivity contribution < 1.29 is 9.90 Å². The van der Waals surface area contributed by atoms with Crippen molar-refractivity contribution in [2.75, 3.05) is 0 Å². The standard InChI is InChI=1S/C16H11ClN2O3/c17-11-4-2-1-3-9(11)7-14-15(20)19-12-6-5-10(16(21)22)8-13(12)18-14/h1-6,8H,7H2,(H,19,20)(H,21,22)/p-1. The van der Waals surface area contributed by atoms with Crippen molar-refractivity contribution in [2.45, 2.75) is 6.42 Å². The fourth-order valence-electron chi connectivity index (χ4n) is 2.19. The van der Waals surface area contributed by atoms with Gasteiger partial charge in [-0.25, -0.2) is 4.98 Å². The van der Waals surface area contributed by atoms with E-state index < -0.39 is 5.97 Å². The van der Waals surface area contributed by atoms with Gasteiger partial charge in [0, 0.05) is 11.4 Å². The Morgan fingerprint density at radius 1 is 1.23 bits per heavy atom. The zero-order valence-corrected chi connectivity index (χ0v) is 12.1. The number of aromatic carboxylic acids is 1. The number of carbonyl (C=O) groups excluding carboxylic acids is 1. The molecule has 0 bridgehead atoms. The topological polar surface area (TPSA) is 85.9 Å². The molecule has 0 saturated carbocycles. The Bertz CT molecular complexity index is 934. The third-order valence-corrected chi connectivity index (χ3v) is 3.68. The molecular formula is C16H10ClN2O3-. The molecule has 1 N–H and O–H groups in total. The van der Waals surface area contributed by atoms with Crippen molar-refractivity contribution in [1.29, 1.82) is 0 Å². The van der Waals surface area contributed by atoms with Crippen molar-refractivity contribution >= 4 is 28.6 Å². The van der Waals surface area contributed by atoms with E-state index in [1.165, 1.54) is 18.2 Å². The van der Waals surface area contributed by atoms with Crippen LogP contribution in [0, 0.1) is 0 Å². The van der Waals surface area contributed by atoms with Gasteiger partial charge in [0.2, 0.25) is 0 Å². The second-order valence-corrected chi connectivity index (χ2v) is 5.21. The number of aromatic nitrogens is 2. The van der Waals surface area contributed by atoms with Gasteiger partial charge in [-0.05, 0) is 29.3 Å². The predicted molar refractivity (Wildman–Crippen MR) is 81.0 cm³/mol. The van der Waals surface area contributed by atoms with E-state index in [-0.39, 0.29) is 23.2 Å². The van der Waals surface area contributed by atoms with Gasteiger partial charge in [0.15, 0.2) is 0 Å². The average molecular weight is 314 g/mol. The fraction of sp³-hybridized carbons (Fsp3) is 0.0625. The molecule has 0 fully saturated rings. The SMILES string of the molecule is O=C([O-])c1ccc2[nH]c(=O)c(Cc3ccccc3Cl)nc2c1. The first-order valence-corrected chi connectivity index (χ1v) is 6.90. The van der Waals surface area contributed by atoms with Gasteiger partial charge in [-0.1, -0.05) is 35.9 Å². The number of fused-ring (bicyclic) bond motifs is 1. The summed E-state index contributed by atoms with van der Waals surface area (Å²) >= 11 is 6.09. The molecule has 3 aromatic rings. The van der Waals surface area contributed by atoms with Crippen LogP contribution < -0.4 is 10.7 Å². The summed E-state index contributed by atoms with van der Waals surface area (Å²) in [5.41, 5.74) is 1.60. The van der Waals surface area contributed by atoms with E-state index in [0.29, 0.717) is 16.1 Å². The van der Waals surface area contributed by atoms with Crippen LogP contribution >= 0.6 is 11.6 Å². The minimum absolute atomic E-state index is 0.00995. The number of aromatic amines is 1. The first kappa shape index (κ1) is 14.3. The highest BCUT2D eigenvalue weighted by molar-refractivity contribution is 6.31. The lowest BCUT2D eigenvalue weighted by Gasteiger charge is -2.07. The molecule has 2 aromatic carbocycles. The number of hydrogen-bond donors (Lipinski definition) is 1. The van der Waals surface area contributed by atoms with E-state index in [2.05, 4.69) is 9.97 Å². The van der Waals surface area contributed by atoms with Crippen molar-refractivity contribution in [3.63, 3.8) is 0 Å². The zero-order chi connectivity index (χ0) is 15.7. The van der Waals surface area contributed by atoms with Gasteiger partial charge in [-0.3, -0.25) is 4.79 Å². The summed E-state index contributed by atoms with van der Waals surface area (Å²) in [5.74, 6) is -1.29. The molecule has 110 valence electrons. The minimum atomic E-state index is -1.29. The number of halogens is 1. The van der Waals surface area contributed by atoms with E-state index >= 15 is 0 Å². The molecule has 0 atom stereocenters. The molecule has 6 heteroatoms. The van der Waals surface area contributed by atoms with Gasteiger partial charge in [0.1, 0.15) is 5.69 Å². The summed E-state index contributed by atoms with van der Waals surface area (Å²) in [6.07, 6.45) is 0.264. The number of carboxylic acids is 1. The van der Waals surface area contributed by atoms with Crippen LogP contribution in [0.25, 0.3) is 11.0 Å². The number of benzene rings is 2. The lowest BCUT2D eigenvalue weighted by molar-refractivity contribution is -0.255. The van der Waals surface area contributed by atoms with Gasteiger partial charge < -0.3 is 14.9 Å². The Morgan fingerprint density at radius 2 is 2.00 bits per heavy atom. The first-order valence-electron chi connectivity index (χ1n) is 6.52. The summed E-state index contributed by atoms with van der Waals surface area (Å²) in [7, 11) is 0. The summed E-state index contributed by atoms with van der Waals surface area (Å²) < 4.78 is 0. The maximum Gasteiger partial charge on any atom is 0.270 e. The molecule has 0 radical (unpaired) electrons. The maximum absolute atomic E-state index is 12.1. The number of nitrogens with zero attached hydrogens (tertiary/aromatic N) is 1. The Morgan fingerprint density at radius 3 is 2.73 bits per heavy atom. The Labute approximate surface area is 130 Å². The molecule has 0 unspecified atom stereocenters. The Hall–Kier alpha value is -2.66. The van der Waals surface area contributed by atoms with E-state index in [1.54, 1.807) is 12.1 Å². The normalized spacial score (nSPS) is 10.8. The molecule has 1 heterocycles. The van der Waals surface area contributed by atoms with Gasteiger partial charge in [0.25, 0.3) is 5.56 Å². The monoisotopic (exact) mass is 313 g/mol. The summed E-state index contributed by atoms with van der Waals surface area (Å²) in [6, 6.07) is 11.4. The zero-order valence-electron chi connectivity index (χ0n) is 11.3. The van der Waals surface area contributed by atoms with Gasteiger partial charge in [-0.15, -0.1) is 0 Å². The van der Waals surface area contributed by atoms with Crippen LogP contribution in [-0.4, -0.2) is 15.9 Å². The van der Waals surface area contributed by atoms with Gasteiger partial charge >= 0.3 is 0 Å². The second-order valence-electron chi connectivity index (χ2n) is 4.80. The Kier molecular flexibility index (Phi) is 3.65. The van der Waals surface area contributed by atoms with E-state index in [4.69, 9.17) is 11.6 Å². The molecule has 0 aliphatic rings. The van der Waals surface area contributed by atoms with Gasteiger partial charge in [-0.2, -0.15) is 0 Å². The minimum Gasteiger partial charge on any atom is -0.545 e. The quantitative estimate of drug-likeness (QED) is 0.794. The molecule has 1 aromatic heterocycles. The smallest absolute Gasteiger partial charge is 0.270 e. The van der Waals surface area contributed by atoms with Crippen molar-refractivity contribution in [2.24, 2.45) is 0 Å². The number of carboxylic acid groups (broad SMARTS) is 1. The van der Waals surface area contributed by atoms with Crippen LogP contribution in [0.5, 0.6) is 0 Å². The van der Waals surface area contributed by atoms with E-state index in [0.717, 1.165) is 5.56 Å². The number of hydrogen-bond acceptors (Lipinski definition) is 4. The largest absolute Gasteiger partial charge is 0.545 e. The highest BCUT2D eigenvalue weighted by atomic mass is 35.5.